The second kappa shape index (κ2) is 8.95. The van der Waals surface area contributed by atoms with Crippen molar-refractivity contribution in [3.63, 3.8) is 0 Å². The lowest BCUT2D eigenvalue weighted by atomic mass is 10.1. The molecule has 0 atom stereocenters. The zero-order chi connectivity index (χ0) is 19.9. The van der Waals surface area contributed by atoms with E-state index < -0.39 is 24.1 Å². The Morgan fingerprint density at radius 3 is 2.18 bits per heavy atom. The summed E-state index contributed by atoms with van der Waals surface area (Å²) in [4.78, 5) is 36.5. The Morgan fingerprint density at radius 2 is 1.46 bits per heavy atom. The number of Topliss-reactive ketones (excluding diaryl/α,β-unsaturated/α-hetero) is 1. The van der Waals surface area contributed by atoms with E-state index in [-0.39, 0.29) is 0 Å². The molecule has 0 aliphatic heterocycles. The minimum absolute atomic E-state index is 0.323. The van der Waals surface area contributed by atoms with Gasteiger partial charge in [0.2, 0.25) is 11.7 Å². The average Bonchev–Trinajstić information content (AvgIpc) is 2.71. The van der Waals surface area contributed by atoms with Gasteiger partial charge in [-0.25, -0.2) is 4.79 Å². The lowest BCUT2D eigenvalue weighted by Gasteiger charge is -2.23. The Kier molecular flexibility index (Phi) is 6.17. The smallest absolute Gasteiger partial charge is 0.372 e. The van der Waals surface area contributed by atoms with E-state index in [1.54, 1.807) is 4.90 Å². The number of ketones is 1. The molecule has 0 unspecified atom stereocenters. The number of carbonyl (C=O) groups is 3. The van der Waals surface area contributed by atoms with Gasteiger partial charge in [0.15, 0.2) is 0 Å². The highest BCUT2D eigenvalue weighted by Gasteiger charge is 2.21. The van der Waals surface area contributed by atoms with Crippen LogP contribution in [0, 0.1) is 0 Å². The maximum Gasteiger partial charge on any atom is 0.372 e. The van der Waals surface area contributed by atoms with Gasteiger partial charge in [-0.05, 0) is 34.4 Å². The number of benzene rings is 3. The second-order valence-electron chi connectivity index (χ2n) is 6.64. The van der Waals surface area contributed by atoms with E-state index in [1.807, 2.05) is 72.8 Å². The standard InChI is InChI=1S/C23H21NO4/c25-21(23(27)28)15-22(26)24(13-12-17-6-2-1-3-7-17)16-18-10-11-19-8-4-5-9-20(19)14-18/h1-11,14H,12-13,15-16H2,(H,27,28). The molecule has 0 fully saturated rings. The van der Waals surface area contributed by atoms with Crippen molar-refractivity contribution in [2.45, 2.75) is 19.4 Å². The van der Waals surface area contributed by atoms with E-state index in [0.29, 0.717) is 19.5 Å². The molecule has 0 bridgehead atoms. The number of aliphatic carboxylic acids is 1. The highest BCUT2D eigenvalue weighted by molar-refractivity contribution is 6.36. The molecule has 3 aromatic rings. The summed E-state index contributed by atoms with van der Waals surface area (Å²) < 4.78 is 0. The third-order valence-corrected chi connectivity index (χ3v) is 4.60. The van der Waals surface area contributed by atoms with E-state index in [2.05, 4.69) is 0 Å². The number of nitrogens with zero attached hydrogens (tertiary/aromatic N) is 1. The Hall–Kier alpha value is -3.47. The molecule has 1 amide bonds. The van der Waals surface area contributed by atoms with Gasteiger partial charge in [-0.1, -0.05) is 66.7 Å². The van der Waals surface area contributed by atoms with Crippen LogP contribution in [-0.4, -0.2) is 34.2 Å². The zero-order valence-corrected chi connectivity index (χ0v) is 15.4. The first-order valence-electron chi connectivity index (χ1n) is 9.08. The summed E-state index contributed by atoms with van der Waals surface area (Å²) in [5.41, 5.74) is 2.01. The topological polar surface area (TPSA) is 74.7 Å². The molecule has 5 nitrogen and oxygen atoms in total. The fourth-order valence-electron chi connectivity index (χ4n) is 3.08. The second-order valence-corrected chi connectivity index (χ2v) is 6.64. The number of rotatable bonds is 8. The Morgan fingerprint density at radius 1 is 0.786 bits per heavy atom. The molecule has 0 heterocycles. The quantitative estimate of drug-likeness (QED) is 0.483. The third kappa shape index (κ3) is 5.04. The van der Waals surface area contributed by atoms with Gasteiger partial charge in [0, 0.05) is 13.1 Å². The first-order valence-corrected chi connectivity index (χ1v) is 9.08. The summed E-state index contributed by atoms with van der Waals surface area (Å²) in [6, 6.07) is 23.6. The van der Waals surface area contributed by atoms with Gasteiger partial charge in [0.1, 0.15) is 0 Å². The Bertz CT molecular complexity index is 998. The van der Waals surface area contributed by atoms with Crippen LogP contribution in [0.3, 0.4) is 0 Å². The van der Waals surface area contributed by atoms with Crippen molar-refractivity contribution in [3.05, 3.63) is 83.9 Å². The van der Waals surface area contributed by atoms with Crippen molar-refractivity contribution >= 4 is 28.4 Å². The maximum absolute atomic E-state index is 12.6. The van der Waals surface area contributed by atoms with Crippen molar-refractivity contribution in [2.24, 2.45) is 0 Å². The number of carboxylic acids is 1. The first kappa shape index (κ1) is 19.3. The van der Waals surface area contributed by atoms with E-state index >= 15 is 0 Å². The predicted octanol–water partition coefficient (Wildman–Crippen LogP) is 3.45. The summed E-state index contributed by atoms with van der Waals surface area (Å²) in [5, 5.41) is 11.0. The molecule has 3 rings (SSSR count). The molecule has 0 spiro atoms. The van der Waals surface area contributed by atoms with Crippen LogP contribution < -0.4 is 0 Å². The van der Waals surface area contributed by atoms with Crippen LogP contribution in [0.15, 0.2) is 72.8 Å². The van der Waals surface area contributed by atoms with E-state index in [9.17, 15) is 14.4 Å². The van der Waals surface area contributed by atoms with Crippen LogP contribution in [0.4, 0.5) is 0 Å². The summed E-state index contributed by atoms with van der Waals surface area (Å²) >= 11 is 0. The summed E-state index contributed by atoms with van der Waals surface area (Å²) in [5.74, 6) is -3.15. The third-order valence-electron chi connectivity index (χ3n) is 4.60. The SMILES string of the molecule is O=C(O)C(=O)CC(=O)N(CCc1ccccc1)Cc1ccc2ccccc2c1. The number of carboxylic acid groups (broad SMARTS) is 1. The van der Waals surface area contributed by atoms with Gasteiger partial charge in [-0.3, -0.25) is 9.59 Å². The molecule has 0 saturated carbocycles. The van der Waals surface area contributed by atoms with Crippen molar-refractivity contribution in [2.75, 3.05) is 6.54 Å². The van der Waals surface area contributed by atoms with Crippen molar-refractivity contribution in [3.8, 4) is 0 Å². The van der Waals surface area contributed by atoms with Crippen LogP contribution in [-0.2, 0) is 27.3 Å². The average molecular weight is 375 g/mol. The van der Waals surface area contributed by atoms with Crippen LogP contribution in [0.5, 0.6) is 0 Å². The van der Waals surface area contributed by atoms with Crippen LogP contribution >= 0.6 is 0 Å². The maximum atomic E-state index is 12.6. The van der Waals surface area contributed by atoms with Gasteiger partial charge < -0.3 is 10.0 Å². The molecule has 0 aliphatic carbocycles. The number of hydrogen-bond donors (Lipinski definition) is 1. The zero-order valence-electron chi connectivity index (χ0n) is 15.4. The highest BCUT2D eigenvalue weighted by atomic mass is 16.4. The number of hydrogen-bond acceptors (Lipinski definition) is 3. The fraction of sp³-hybridized carbons (Fsp3) is 0.174. The van der Waals surface area contributed by atoms with Crippen molar-refractivity contribution < 1.29 is 19.5 Å². The van der Waals surface area contributed by atoms with Gasteiger partial charge in [0.05, 0.1) is 6.42 Å². The molecule has 5 heteroatoms. The highest BCUT2D eigenvalue weighted by Crippen LogP contribution is 2.17. The molecule has 0 radical (unpaired) electrons. The number of amides is 1. The number of fused-ring (bicyclic) bond motifs is 1. The van der Waals surface area contributed by atoms with Crippen LogP contribution in [0.25, 0.3) is 10.8 Å². The minimum atomic E-state index is -1.58. The molecule has 0 aromatic heterocycles. The van der Waals surface area contributed by atoms with Crippen LogP contribution in [0.1, 0.15) is 17.5 Å². The molecular formula is C23H21NO4. The first-order chi connectivity index (χ1) is 13.5. The fourth-order valence-corrected chi connectivity index (χ4v) is 3.08. The molecular weight excluding hydrogens is 354 g/mol. The van der Waals surface area contributed by atoms with Gasteiger partial charge in [0.25, 0.3) is 0 Å². The predicted molar refractivity (Wildman–Crippen MR) is 107 cm³/mol. The van der Waals surface area contributed by atoms with Gasteiger partial charge in [-0.2, -0.15) is 0 Å². The molecule has 0 saturated heterocycles. The monoisotopic (exact) mass is 375 g/mol. The summed E-state index contributed by atoms with van der Waals surface area (Å²) in [6.45, 7) is 0.728. The van der Waals surface area contributed by atoms with Crippen LogP contribution in [0.2, 0.25) is 0 Å². The van der Waals surface area contributed by atoms with E-state index in [1.165, 1.54) is 0 Å². The summed E-state index contributed by atoms with van der Waals surface area (Å²) in [7, 11) is 0. The van der Waals surface area contributed by atoms with E-state index in [4.69, 9.17) is 5.11 Å². The Balaban J connectivity index is 1.78. The Labute approximate surface area is 163 Å². The van der Waals surface area contributed by atoms with Crippen molar-refractivity contribution in [1.29, 1.82) is 0 Å². The molecule has 142 valence electrons. The van der Waals surface area contributed by atoms with E-state index in [0.717, 1.165) is 21.9 Å². The largest absolute Gasteiger partial charge is 0.475 e. The molecule has 1 N–H and O–H groups in total. The lowest BCUT2D eigenvalue weighted by Crippen LogP contribution is -2.35. The van der Waals surface area contributed by atoms with Crippen molar-refractivity contribution in [1.82, 2.24) is 4.90 Å². The molecule has 28 heavy (non-hydrogen) atoms. The van der Waals surface area contributed by atoms with Gasteiger partial charge in [-0.15, -0.1) is 0 Å². The lowest BCUT2D eigenvalue weighted by molar-refractivity contribution is -0.151. The normalized spacial score (nSPS) is 10.6. The number of carbonyl (C=O) groups excluding carboxylic acids is 2. The minimum Gasteiger partial charge on any atom is -0.475 e. The summed E-state index contributed by atoms with van der Waals surface area (Å²) in [6.07, 6.45) is -0.000866. The molecule has 3 aromatic carbocycles. The molecule has 0 aliphatic rings. The van der Waals surface area contributed by atoms with Gasteiger partial charge >= 0.3 is 5.97 Å².